The van der Waals surface area contributed by atoms with E-state index in [2.05, 4.69) is 0 Å². The van der Waals surface area contributed by atoms with Gasteiger partial charge in [-0.05, 0) is 25.0 Å². The van der Waals surface area contributed by atoms with Crippen molar-refractivity contribution in [3.63, 3.8) is 0 Å². The predicted molar refractivity (Wildman–Crippen MR) is 74.6 cm³/mol. The second-order valence-electron chi connectivity index (χ2n) is 5.25. The lowest BCUT2D eigenvalue weighted by atomic mass is 10.1. The Morgan fingerprint density at radius 1 is 1.21 bits per heavy atom. The Bertz CT molecular complexity index is 420. The molecule has 1 aromatic carbocycles. The number of rotatable bonds is 3. The van der Waals surface area contributed by atoms with Crippen LogP contribution in [-0.4, -0.2) is 36.1 Å². The molecule has 0 saturated carbocycles. The third kappa shape index (κ3) is 3.78. The van der Waals surface area contributed by atoms with Gasteiger partial charge in [-0.2, -0.15) is 0 Å². The fourth-order valence-corrected chi connectivity index (χ4v) is 2.46. The van der Waals surface area contributed by atoms with Crippen LogP contribution in [-0.2, 0) is 22.5 Å². The summed E-state index contributed by atoms with van der Waals surface area (Å²) in [4.78, 5) is 14.2. The smallest absolute Gasteiger partial charge is 0.227 e. The van der Waals surface area contributed by atoms with Crippen LogP contribution in [0, 0.1) is 0 Å². The molecular weight excluding hydrogens is 240 g/mol. The average Bonchev–Trinajstić information content (AvgIpc) is 2.38. The predicted octanol–water partition coefficient (Wildman–Crippen LogP) is 1.32. The van der Waals surface area contributed by atoms with Gasteiger partial charge in [0.15, 0.2) is 0 Å². The number of amides is 1. The molecule has 2 rings (SSSR count). The molecule has 19 heavy (non-hydrogen) atoms. The summed E-state index contributed by atoms with van der Waals surface area (Å²) < 4.78 is 5.64. The summed E-state index contributed by atoms with van der Waals surface area (Å²) in [6.07, 6.45) is 0.684. The van der Waals surface area contributed by atoms with Crippen molar-refractivity contribution in [3.05, 3.63) is 35.4 Å². The van der Waals surface area contributed by atoms with Gasteiger partial charge in [-0.15, -0.1) is 0 Å². The molecule has 0 aromatic heterocycles. The summed E-state index contributed by atoms with van der Waals surface area (Å²) >= 11 is 0. The molecule has 0 aliphatic carbocycles. The lowest BCUT2D eigenvalue weighted by molar-refractivity contribution is -0.142. The van der Waals surface area contributed by atoms with Crippen LogP contribution < -0.4 is 5.73 Å². The number of carbonyl (C=O) groups excluding carboxylic acids is 1. The zero-order valence-corrected chi connectivity index (χ0v) is 11.6. The van der Waals surface area contributed by atoms with Crippen molar-refractivity contribution in [1.29, 1.82) is 0 Å². The summed E-state index contributed by atoms with van der Waals surface area (Å²) in [5.41, 5.74) is 7.68. The molecule has 1 aliphatic heterocycles. The first kappa shape index (κ1) is 14.0. The first-order valence-electron chi connectivity index (χ1n) is 6.79. The number of nitrogens with two attached hydrogens (primary N) is 1. The molecule has 1 aliphatic rings. The fourth-order valence-electron chi connectivity index (χ4n) is 2.46. The minimum Gasteiger partial charge on any atom is -0.372 e. The first-order chi connectivity index (χ1) is 9.08. The molecule has 2 N–H and O–H groups in total. The van der Waals surface area contributed by atoms with Gasteiger partial charge in [0.05, 0.1) is 18.6 Å². The number of carbonyl (C=O) groups is 1. The van der Waals surface area contributed by atoms with Gasteiger partial charge in [0, 0.05) is 19.6 Å². The van der Waals surface area contributed by atoms with Gasteiger partial charge in [0.25, 0.3) is 0 Å². The molecule has 2 unspecified atom stereocenters. The minimum atomic E-state index is 0.118. The quantitative estimate of drug-likeness (QED) is 0.894. The topological polar surface area (TPSA) is 55.6 Å². The van der Waals surface area contributed by atoms with E-state index >= 15 is 0 Å². The van der Waals surface area contributed by atoms with Crippen LogP contribution in [0.2, 0.25) is 0 Å². The van der Waals surface area contributed by atoms with E-state index in [1.165, 1.54) is 0 Å². The SMILES string of the molecule is CC1CN(C(=O)Cc2ccc(CN)cc2)CC(C)O1. The van der Waals surface area contributed by atoms with Crippen molar-refractivity contribution in [2.45, 2.75) is 39.0 Å². The van der Waals surface area contributed by atoms with Crippen molar-refractivity contribution in [3.8, 4) is 0 Å². The van der Waals surface area contributed by atoms with Crippen LogP contribution in [0.3, 0.4) is 0 Å². The molecule has 1 heterocycles. The molecule has 1 aromatic rings. The van der Waals surface area contributed by atoms with Crippen molar-refractivity contribution in [1.82, 2.24) is 4.90 Å². The molecule has 1 saturated heterocycles. The highest BCUT2D eigenvalue weighted by molar-refractivity contribution is 5.79. The van der Waals surface area contributed by atoms with E-state index in [1.54, 1.807) is 0 Å². The van der Waals surface area contributed by atoms with E-state index in [0.717, 1.165) is 11.1 Å². The highest BCUT2D eigenvalue weighted by Crippen LogP contribution is 2.13. The van der Waals surface area contributed by atoms with Crippen molar-refractivity contribution < 1.29 is 9.53 Å². The normalized spacial score (nSPS) is 23.4. The number of hydrogen-bond acceptors (Lipinski definition) is 3. The van der Waals surface area contributed by atoms with Gasteiger partial charge in [0.2, 0.25) is 5.91 Å². The van der Waals surface area contributed by atoms with Crippen molar-refractivity contribution >= 4 is 5.91 Å². The van der Waals surface area contributed by atoms with E-state index < -0.39 is 0 Å². The van der Waals surface area contributed by atoms with Crippen molar-refractivity contribution in [2.24, 2.45) is 5.73 Å². The van der Waals surface area contributed by atoms with Gasteiger partial charge in [-0.1, -0.05) is 24.3 Å². The van der Waals surface area contributed by atoms with Crippen LogP contribution in [0.5, 0.6) is 0 Å². The average molecular weight is 262 g/mol. The third-order valence-electron chi connectivity index (χ3n) is 3.39. The number of ether oxygens (including phenoxy) is 1. The maximum atomic E-state index is 12.3. The zero-order chi connectivity index (χ0) is 13.8. The van der Waals surface area contributed by atoms with Gasteiger partial charge in [0.1, 0.15) is 0 Å². The summed E-state index contributed by atoms with van der Waals surface area (Å²) in [5.74, 6) is 0.169. The minimum absolute atomic E-state index is 0.118. The monoisotopic (exact) mass is 262 g/mol. The Labute approximate surface area is 114 Å². The standard InChI is InChI=1S/C15H22N2O2/c1-11-9-17(10-12(2)19-11)15(18)7-13-3-5-14(8-16)6-4-13/h3-6,11-12H,7-10,16H2,1-2H3. The maximum Gasteiger partial charge on any atom is 0.227 e. The van der Waals surface area contributed by atoms with Gasteiger partial charge < -0.3 is 15.4 Å². The second-order valence-corrected chi connectivity index (χ2v) is 5.25. The molecular formula is C15H22N2O2. The zero-order valence-electron chi connectivity index (χ0n) is 11.6. The van der Waals surface area contributed by atoms with Gasteiger partial charge >= 0.3 is 0 Å². The summed E-state index contributed by atoms with van der Waals surface area (Å²) in [7, 11) is 0. The molecule has 104 valence electrons. The molecule has 1 amide bonds. The third-order valence-corrected chi connectivity index (χ3v) is 3.39. The van der Waals surface area contributed by atoms with E-state index in [9.17, 15) is 4.79 Å². The van der Waals surface area contributed by atoms with Gasteiger partial charge in [-0.25, -0.2) is 0 Å². The number of hydrogen-bond donors (Lipinski definition) is 1. The highest BCUT2D eigenvalue weighted by Gasteiger charge is 2.25. The Kier molecular flexibility index (Phi) is 4.56. The van der Waals surface area contributed by atoms with Crippen LogP contribution in [0.15, 0.2) is 24.3 Å². The Morgan fingerprint density at radius 2 is 1.74 bits per heavy atom. The lowest BCUT2D eigenvalue weighted by Crippen LogP contribution is -2.48. The molecule has 4 nitrogen and oxygen atoms in total. The Balaban J connectivity index is 1.96. The molecule has 0 bridgehead atoms. The molecule has 2 atom stereocenters. The van der Waals surface area contributed by atoms with Crippen LogP contribution in [0.4, 0.5) is 0 Å². The van der Waals surface area contributed by atoms with E-state index in [0.29, 0.717) is 26.1 Å². The summed E-state index contributed by atoms with van der Waals surface area (Å²) in [6, 6.07) is 7.92. The Hall–Kier alpha value is -1.39. The van der Waals surface area contributed by atoms with E-state index in [1.807, 2.05) is 43.0 Å². The van der Waals surface area contributed by atoms with E-state index in [-0.39, 0.29) is 18.1 Å². The lowest BCUT2D eigenvalue weighted by Gasteiger charge is -2.35. The first-order valence-corrected chi connectivity index (χ1v) is 6.79. The molecule has 0 spiro atoms. The summed E-state index contributed by atoms with van der Waals surface area (Å²) in [5, 5.41) is 0. The van der Waals surface area contributed by atoms with Crippen molar-refractivity contribution in [2.75, 3.05) is 13.1 Å². The molecule has 4 heteroatoms. The molecule has 0 radical (unpaired) electrons. The second kappa shape index (κ2) is 6.17. The van der Waals surface area contributed by atoms with Gasteiger partial charge in [-0.3, -0.25) is 4.79 Å². The number of morpholine rings is 1. The fraction of sp³-hybridized carbons (Fsp3) is 0.533. The number of benzene rings is 1. The highest BCUT2D eigenvalue weighted by atomic mass is 16.5. The summed E-state index contributed by atoms with van der Waals surface area (Å²) in [6.45, 7) is 5.92. The molecule has 1 fully saturated rings. The Morgan fingerprint density at radius 3 is 2.26 bits per heavy atom. The van der Waals surface area contributed by atoms with Crippen LogP contribution >= 0.6 is 0 Å². The largest absolute Gasteiger partial charge is 0.372 e. The van der Waals surface area contributed by atoms with Crippen LogP contribution in [0.25, 0.3) is 0 Å². The van der Waals surface area contributed by atoms with Crippen LogP contribution in [0.1, 0.15) is 25.0 Å². The van der Waals surface area contributed by atoms with E-state index in [4.69, 9.17) is 10.5 Å². The maximum absolute atomic E-state index is 12.3. The number of nitrogens with zero attached hydrogens (tertiary/aromatic N) is 1.